The van der Waals surface area contributed by atoms with Crippen LogP contribution in [0.15, 0.2) is 29.2 Å². The Bertz CT molecular complexity index is 557. The predicted octanol–water partition coefficient (Wildman–Crippen LogP) is 2.04. The number of halogens is 1. The second-order valence-corrected chi connectivity index (χ2v) is 7.52. The van der Waals surface area contributed by atoms with Gasteiger partial charge >= 0.3 is 0 Å². The molecule has 0 unspecified atom stereocenters. The Kier molecular flexibility index (Phi) is 7.42. The fourth-order valence-electron chi connectivity index (χ4n) is 2.69. The number of nitrogens with one attached hydrogen (secondary N) is 2. The van der Waals surface area contributed by atoms with E-state index in [4.69, 9.17) is 4.74 Å². The number of ether oxygens (including phenoxy) is 1. The molecule has 2 rings (SSSR count). The fraction of sp³-hybridized carbons (Fsp3) is 0.625. The number of benzene rings is 1. The normalized spacial score (nSPS) is 16.6. The largest absolute Gasteiger partial charge is 0.379 e. The Balaban J connectivity index is 1.56. The van der Waals surface area contributed by atoms with Crippen LogP contribution < -0.4 is 10.0 Å². The van der Waals surface area contributed by atoms with E-state index in [-0.39, 0.29) is 11.4 Å². The second kappa shape index (κ2) is 9.32. The maximum atomic E-state index is 12.8. The van der Waals surface area contributed by atoms with E-state index in [0.717, 1.165) is 18.7 Å². The van der Waals surface area contributed by atoms with Gasteiger partial charge in [0.25, 0.3) is 0 Å². The van der Waals surface area contributed by atoms with E-state index in [0.29, 0.717) is 19.3 Å². The molecule has 23 heavy (non-hydrogen) atoms. The van der Waals surface area contributed by atoms with Crippen LogP contribution in [0.2, 0.25) is 0 Å². The van der Waals surface area contributed by atoms with Crippen molar-refractivity contribution < 1.29 is 17.5 Å². The molecule has 0 aliphatic heterocycles. The van der Waals surface area contributed by atoms with Crippen LogP contribution in [0.3, 0.4) is 0 Å². The maximum Gasteiger partial charge on any atom is 0.240 e. The average Bonchev–Trinajstić information content (AvgIpc) is 2.55. The molecule has 1 aliphatic carbocycles. The van der Waals surface area contributed by atoms with Gasteiger partial charge in [0.05, 0.1) is 18.1 Å². The zero-order chi connectivity index (χ0) is 16.5. The van der Waals surface area contributed by atoms with E-state index in [9.17, 15) is 12.8 Å². The Labute approximate surface area is 137 Å². The van der Waals surface area contributed by atoms with Gasteiger partial charge in [-0.1, -0.05) is 19.3 Å². The summed E-state index contributed by atoms with van der Waals surface area (Å²) in [6, 6.07) is 5.34. The summed E-state index contributed by atoms with van der Waals surface area (Å²) >= 11 is 0. The van der Waals surface area contributed by atoms with Crippen molar-refractivity contribution in [2.24, 2.45) is 0 Å². The van der Waals surface area contributed by atoms with E-state index >= 15 is 0 Å². The van der Waals surface area contributed by atoms with E-state index in [1.165, 1.54) is 44.2 Å². The Morgan fingerprint density at radius 3 is 2.39 bits per heavy atom. The van der Waals surface area contributed by atoms with Gasteiger partial charge in [-0.05, 0) is 37.1 Å². The van der Waals surface area contributed by atoms with E-state index in [1.807, 2.05) is 0 Å². The first-order valence-electron chi connectivity index (χ1n) is 8.14. The van der Waals surface area contributed by atoms with Crippen molar-refractivity contribution in [1.29, 1.82) is 0 Å². The molecular formula is C16H25FN2O3S. The third-order valence-corrected chi connectivity index (χ3v) is 5.42. The van der Waals surface area contributed by atoms with Gasteiger partial charge in [-0.25, -0.2) is 17.5 Å². The third-order valence-electron chi connectivity index (χ3n) is 3.95. The number of hydrogen-bond donors (Lipinski definition) is 2. The van der Waals surface area contributed by atoms with Crippen molar-refractivity contribution in [2.75, 3.05) is 26.3 Å². The average molecular weight is 344 g/mol. The number of hydrogen-bond acceptors (Lipinski definition) is 4. The minimum absolute atomic E-state index is 0.0536. The zero-order valence-electron chi connectivity index (χ0n) is 13.3. The molecule has 0 saturated heterocycles. The van der Waals surface area contributed by atoms with Crippen LogP contribution in [0.25, 0.3) is 0 Å². The lowest BCUT2D eigenvalue weighted by atomic mass is 9.96. The minimum Gasteiger partial charge on any atom is -0.379 e. The van der Waals surface area contributed by atoms with Crippen molar-refractivity contribution in [3.05, 3.63) is 30.1 Å². The predicted molar refractivity (Wildman–Crippen MR) is 87.3 cm³/mol. The monoisotopic (exact) mass is 344 g/mol. The van der Waals surface area contributed by atoms with Crippen molar-refractivity contribution in [3.63, 3.8) is 0 Å². The fourth-order valence-corrected chi connectivity index (χ4v) is 3.70. The lowest BCUT2D eigenvalue weighted by Gasteiger charge is -2.22. The second-order valence-electron chi connectivity index (χ2n) is 5.75. The molecule has 0 atom stereocenters. The highest BCUT2D eigenvalue weighted by atomic mass is 32.2. The maximum absolute atomic E-state index is 12.8. The van der Waals surface area contributed by atoms with Gasteiger partial charge in [-0.15, -0.1) is 0 Å². The zero-order valence-corrected chi connectivity index (χ0v) is 14.1. The van der Waals surface area contributed by atoms with Crippen LogP contribution in [-0.4, -0.2) is 40.8 Å². The molecule has 0 amide bonds. The van der Waals surface area contributed by atoms with Crippen LogP contribution in [0.5, 0.6) is 0 Å². The molecule has 1 aliphatic rings. The molecule has 7 heteroatoms. The summed E-state index contributed by atoms with van der Waals surface area (Å²) in [4.78, 5) is 0.0536. The molecule has 0 aromatic heterocycles. The molecular weight excluding hydrogens is 319 g/mol. The summed E-state index contributed by atoms with van der Waals surface area (Å²) in [5.74, 6) is -0.460. The summed E-state index contributed by atoms with van der Waals surface area (Å²) in [6.07, 6.45) is 6.39. The summed E-state index contributed by atoms with van der Waals surface area (Å²) in [5, 5.41) is 3.46. The Hall–Kier alpha value is -1.02. The van der Waals surface area contributed by atoms with Crippen LogP contribution in [-0.2, 0) is 14.8 Å². The van der Waals surface area contributed by atoms with Crippen LogP contribution >= 0.6 is 0 Å². The van der Waals surface area contributed by atoms with E-state index in [1.54, 1.807) is 0 Å². The highest BCUT2D eigenvalue weighted by Gasteiger charge is 2.13. The molecule has 1 aromatic rings. The van der Waals surface area contributed by atoms with Crippen LogP contribution in [0.4, 0.5) is 4.39 Å². The summed E-state index contributed by atoms with van der Waals surface area (Å²) < 4.78 is 44.5. The first-order valence-corrected chi connectivity index (χ1v) is 9.62. The van der Waals surface area contributed by atoms with E-state index in [2.05, 4.69) is 10.0 Å². The first-order chi connectivity index (χ1) is 11.1. The smallest absolute Gasteiger partial charge is 0.240 e. The molecule has 0 spiro atoms. The van der Waals surface area contributed by atoms with Crippen molar-refractivity contribution >= 4 is 10.0 Å². The summed E-state index contributed by atoms with van der Waals surface area (Å²) in [7, 11) is -3.60. The Morgan fingerprint density at radius 1 is 1.04 bits per heavy atom. The molecule has 0 bridgehead atoms. The van der Waals surface area contributed by atoms with Crippen LogP contribution in [0, 0.1) is 5.82 Å². The molecule has 2 N–H and O–H groups in total. The van der Waals surface area contributed by atoms with Gasteiger partial charge in [0.2, 0.25) is 10.0 Å². The molecule has 0 radical (unpaired) electrons. The highest BCUT2D eigenvalue weighted by Crippen LogP contribution is 2.16. The van der Waals surface area contributed by atoms with Gasteiger partial charge in [-0.3, -0.25) is 0 Å². The number of rotatable bonds is 9. The quantitative estimate of drug-likeness (QED) is 0.673. The summed E-state index contributed by atoms with van der Waals surface area (Å²) in [5.41, 5.74) is 0. The van der Waals surface area contributed by atoms with Gasteiger partial charge in [0.15, 0.2) is 0 Å². The van der Waals surface area contributed by atoms with Gasteiger partial charge in [0, 0.05) is 19.1 Å². The molecule has 0 heterocycles. The summed E-state index contributed by atoms with van der Waals surface area (Å²) in [6.45, 7) is 1.86. The lowest BCUT2D eigenvalue weighted by molar-refractivity contribution is 0.137. The van der Waals surface area contributed by atoms with Crippen LogP contribution in [0.1, 0.15) is 32.1 Å². The Morgan fingerprint density at radius 2 is 1.70 bits per heavy atom. The topological polar surface area (TPSA) is 67.4 Å². The first kappa shape index (κ1) is 18.3. The molecule has 1 aromatic carbocycles. The molecule has 1 fully saturated rings. The molecule has 1 saturated carbocycles. The van der Waals surface area contributed by atoms with Crippen molar-refractivity contribution in [2.45, 2.75) is 43.0 Å². The third kappa shape index (κ3) is 6.55. The SMILES string of the molecule is O=S(=O)(NCCOCCNC1CCCCC1)c1ccc(F)cc1. The molecule has 130 valence electrons. The highest BCUT2D eigenvalue weighted by molar-refractivity contribution is 7.89. The number of sulfonamides is 1. The standard InChI is InChI=1S/C16H25FN2O3S/c17-14-6-8-16(9-7-14)23(20,21)19-11-13-22-12-10-18-15-4-2-1-3-5-15/h6-9,15,18-19H,1-5,10-13H2. The molecule has 5 nitrogen and oxygen atoms in total. The van der Waals surface area contributed by atoms with Crippen molar-refractivity contribution in [1.82, 2.24) is 10.0 Å². The van der Waals surface area contributed by atoms with Gasteiger partial charge in [0.1, 0.15) is 5.82 Å². The van der Waals surface area contributed by atoms with Crippen molar-refractivity contribution in [3.8, 4) is 0 Å². The minimum atomic E-state index is -3.60. The van der Waals surface area contributed by atoms with Gasteiger partial charge in [-0.2, -0.15) is 0 Å². The van der Waals surface area contributed by atoms with E-state index < -0.39 is 15.8 Å². The lowest BCUT2D eigenvalue weighted by Crippen LogP contribution is -2.34. The van der Waals surface area contributed by atoms with Gasteiger partial charge < -0.3 is 10.1 Å².